The third kappa shape index (κ3) is 4.07. The van der Waals surface area contributed by atoms with Gasteiger partial charge >= 0.3 is 0 Å². The molecule has 0 spiro atoms. The average molecular weight is 432 g/mol. The van der Waals surface area contributed by atoms with Crippen molar-refractivity contribution in [3.63, 3.8) is 0 Å². The lowest BCUT2D eigenvalue weighted by atomic mass is 10.2. The number of sulfonamides is 1. The Kier molecular flexibility index (Phi) is 5.20. The summed E-state index contributed by atoms with van der Waals surface area (Å²) >= 11 is 1.26. The summed E-state index contributed by atoms with van der Waals surface area (Å²) in [7, 11) is -3.59. The summed E-state index contributed by atoms with van der Waals surface area (Å²) in [5.41, 5.74) is 2.11. The van der Waals surface area contributed by atoms with Crippen molar-refractivity contribution in [3.05, 3.63) is 76.0 Å². The Hall–Kier alpha value is -2.62. The second-order valence-electron chi connectivity index (χ2n) is 6.75. The Labute approximate surface area is 172 Å². The van der Waals surface area contributed by atoms with Crippen LogP contribution in [0.25, 0.3) is 0 Å². The molecule has 0 saturated heterocycles. The second-order valence-corrected chi connectivity index (χ2v) is 9.77. The summed E-state index contributed by atoms with van der Waals surface area (Å²) in [5, 5.41) is 3.11. The van der Waals surface area contributed by atoms with E-state index < -0.39 is 15.8 Å². The molecule has 150 valence electrons. The number of amides is 1. The van der Waals surface area contributed by atoms with Crippen LogP contribution >= 0.6 is 11.3 Å². The van der Waals surface area contributed by atoms with Crippen LogP contribution in [0.2, 0.25) is 0 Å². The van der Waals surface area contributed by atoms with Gasteiger partial charge in [-0.3, -0.25) is 10.1 Å². The largest absolute Gasteiger partial charge is 0.298 e. The molecule has 0 radical (unpaired) electrons. The number of thiazole rings is 1. The number of aromatic nitrogens is 1. The third-order valence-corrected chi connectivity index (χ3v) is 7.54. The van der Waals surface area contributed by atoms with Crippen molar-refractivity contribution in [3.8, 4) is 0 Å². The average Bonchev–Trinajstić information content (AvgIpc) is 3.10. The number of carbonyl (C=O) groups is 1. The minimum atomic E-state index is -3.59. The van der Waals surface area contributed by atoms with E-state index in [0.717, 1.165) is 16.1 Å². The predicted molar refractivity (Wildman–Crippen MR) is 109 cm³/mol. The maximum absolute atomic E-state index is 13.0. The third-order valence-electron chi connectivity index (χ3n) is 4.68. The highest BCUT2D eigenvalue weighted by atomic mass is 32.2. The maximum Gasteiger partial charge on any atom is 0.257 e. The number of aryl methyl sites for hydroxylation is 1. The topological polar surface area (TPSA) is 79.4 Å². The van der Waals surface area contributed by atoms with Gasteiger partial charge in [0.1, 0.15) is 5.82 Å². The molecule has 6 nitrogen and oxygen atoms in total. The number of rotatable bonds is 4. The van der Waals surface area contributed by atoms with Crippen LogP contribution in [0, 0.1) is 12.7 Å². The highest BCUT2D eigenvalue weighted by Crippen LogP contribution is 2.31. The molecule has 1 N–H and O–H groups in total. The first-order valence-corrected chi connectivity index (χ1v) is 11.2. The smallest absolute Gasteiger partial charge is 0.257 e. The molecule has 0 fully saturated rings. The van der Waals surface area contributed by atoms with Crippen molar-refractivity contribution in [2.24, 2.45) is 0 Å². The highest BCUT2D eigenvalue weighted by Gasteiger charge is 2.30. The standard InChI is InChI=1S/C20H18FN3O3S2/c1-13-2-8-16(9-3-13)29(26,27)24-11-10-17-18(12-24)28-20(22-17)23-19(25)14-4-6-15(21)7-5-14/h2-9H,10-12H2,1H3,(H,22,23,25). The number of fused-ring (bicyclic) bond motifs is 1. The molecule has 0 atom stereocenters. The monoisotopic (exact) mass is 431 g/mol. The van der Waals surface area contributed by atoms with Gasteiger partial charge in [-0.2, -0.15) is 4.31 Å². The summed E-state index contributed by atoms with van der Waals surface area (Å²) in [6.45, 7) is 2.45. The van der Waals surface area contributed by atoms with E-state index in [4.69, 9.17) is 0 Å². The number of anilines is 1. The molecule has 3 aromatic rings. The molecule has 2 aromatic carbocycles. The summed E-state index contributed by atoms with van der Waals surface area (Å²) < 4.78 is 40.3. The number of hydrogen-bond acceptors (Lipinski definition) is 5. The molecule has 9 heteroatoms. The van der Waals surface area contributed by atoms with Gasteiger partial charge in [-0.05, 0) is 43.3 Å². The maximum atomic E-state index is 13.0. The van der Waals surface area contributed by atoms with Crippen molar-refractivity contribution in [2.45, 2.75) is 24.8 Å². The van der Waals surface area contributed by atoms with E-state index in [1.807, 2.05) is 6.92 Å². The van der Waals surface area contributed by atoms with Gasteiger partial charge in [0.15, 0.2) is 5.13 Å². The normalized spacial score (nSPS) is 14.4. The summed E-state index contributed by atoms with van der Waals surface area (Å²) in [6, 6.07) is 12.0. The lowest BCUT2D eigenvalue weighted by molar-refractivity contribution is 0.102. The molecule has 29 heavy (non-hydrogen) atoms. The van der Waals surface area contributed by atoms with E-state index in [1.54, 1.807) is 24.3 Å². The lowest BCUT2D eigenvalue weighted by Gasteiger charge is -2.25. The predicted octanol–water partition coefficient (Wildman–Crippen LogP) is 3.59. The van der Waals surface area contributed by atoms with Crippen molar-refractivity contribution in [2.75, 3.05) is 11.9 Å². The van der Waals surface area contributed by atoms with Crippen LogP contribution in [0.1, 0.15) is 26.5 Å². The highest BCUT2D eigenvalue weighted by molar-refractivity contribution is 7.89. The van der Waals surface area contributed by atoms with Gasteiger partial charge in [-0.25, -0.2) is 17.8 Å². The van der Waals surface area contributed by atoms with Gasteiger partial charge in [-0.15, -0.1) is 11.3 Å². The zero-order chi connectivity index (χ0) is 20.6. The Bertz CT molecular complexity index is 1160. The summed E-state index contributed by atoms with van der Waals surface area (Å²) in [5.74, 6) is -0.804. The van der Waals surface area contributed by atoms with E-state index in [2.05, 4.69) is 10.3 Å². The van der Waals surface area contributed by atoms with Crippen LogP contribution in [0.15, 0.2) is 53.4 Å². The number of nitrogens with one attached hydrogen (secondary N) is 1. The van der Waals surface area contributed by atoms with Gasteiger partial charge in [0.25, 0.3) is 5.91 Å². The number of carbonyl (C=O) groups excluding carboxylic acids is 1. The molecule has 2 heterocycles. The summed E-state index contributed by atoms with van der Waals surface area (Å²) in [6.07, 6.45) is 0.476. The van der Waals surface area contributed by atoms with Crippen LogP contribution < -0.4 is 5.32 Å². The molecule has 1 aromatic heterocycles. The Balaban J connectivity index is 1.50. The van der Waals surface area contributed by atoms with E-state index >= 15 is 0 Å². The van der Waals surface area contributed by atoms with Gasteiger partial charge in [0, 0.05) is 23.4 Å². The quantitative estimate of drug-likeness (QED) is 0.685. The van der Waals surface area contributed by atoms with E-state index in [9.17, 15) is 17.6 Å². The molecule has 1 aliphatic rings. The van der Waals surface area contributed by atoms with Gasteiger partial charge in [0.2, 0.25) is 10.0 Å². The van der Waals surface area contributed by atoms with Crippen LogP contribution in [-0.2, 0) is 23.0 Å². The zero-order valence-corrected chi connectivity index (χ0v) is 17.2. The first-order valence-electron chi connectivity index (χ1n) is 8.95. The fourth-order valence-electron chi connectivity index (χ4n) is 3.06. The first-order chi connectivity index (χ1) is 13.8. The van der Waals surface area contributed by atoms with Crippen molar-refractivity contribution >= 4 is 32.4 Å². The Morgan fingerprint density at radius 2 is 1.83 bits per heavy atom. The number of nitrogens with zero attached hydrogens (tertiary/aromatic N) is 2. The minimum absolute atomic E-state index is 0.218. The van der Waals surface area contributed by atoms with Crippen molar-refractivity contribution in [1.82, 2.24) is 9.29 Å². The van der Waals surface area contributed by atoms with Gasteiger partial charge < -0.3 is 0 Å². The van der Waals surface area contributed by atoms with Crippen LogP contribution in [0.5, 0.6) is 0 Å². The molecular weight excluding hydrogens is 413 g/mol. The van der Waals surface area contributed by atoms with Crippen molar-refractivity contribution in [1.29, 1.82) is 0 Å². The van der Waals surface area contributed by atoms with E-state index in [-0.39, 0.29) is 17.3 Å². The fourth-order valence-corrected chi connectivity index (χ4v) is 5.57. The fraction of sp³-hybridized carbons (Fsp3) is 0.200. The van der Waals surface area contributed by atoms with Crippen LogP contribution in [0.3, 0.4) is 0 Å². The number of halogens is 1. The molecule has 0 bridgehead atoms. The molecular formula is C20H18FN3O3S2. The lowest BCUT2D eigenvalue weighted by Crippen LogP contribution is -2.35. The molecule has 0 aliphatic carbocycles. The SMILES string of the molecule is Cc1ccc(S(=O)(=O)N2CCc3nc(NC(=O)c4ccc(F)cc4)sc3C2)cc1. The minimum Gasteiger partial charge on any atom is -0.298 e. The molecule has 4 rings (SSSR count). The van der Waals surface area contributed by atoms with E-state index in [1.165, 1.54) is 39.9 Å². The Morgan fingerprint density at radius 1 is 1.14 bits per heavy atom. The summed E-state index contributed by atoms with van der Waals surface area (Å²) in [4.78, 5) is 17.8. The van der Waals surface area contributed by atoms with Crippen LogP contribution in [-0.4, -0.2) is 30.2 Å². The van der Waals surface area contributed by atoms with Crippen LogP contribution in [0.4, 0.5) is 9.52 Å². The zero-order valence-electron chi connectivity index (χ0n) is 15.6. The van der Waals surface area contributed by atoms with Gasteiger partial charge in [-0.1, -0.05) is 17.7 Å². The van der Waals surface area contributed by atoms with E-state index in [0.29, 0.717) is 23.7 Å². The first kappa shape index (κ1) is 19.7. The van der Waals surface area contributed by atoms with Crippen molar-refractivity contribution < 1.29 is 17.6 Å². The molecule has 0 unspecified atom stereocenters. The second kappa shape index (κ2) is 7.66. The molecule has 0 saturated carbocycles. The number of hydrogen-bond donors (Lipinski definition) is 1. The number of benzene rings is 2. The van der Waals surface area contributed by atoms with Gasteiger partial charge in [0.05, 0.1) is 17.1 Å². The molecule has 1 aliphatic heterocycles. The molecule has 1 amide bonds. The Morgan fingerprint density at radius 3 is 2.52 bits per heavy atom.